The lowest BCUT2D eigenvalue weighted by molar-refractivity contribution is -0.124. The van der Waals surface area contributed by atoms with Crippen LogP contribution in [0.25, 0.3) is 0 Å². The highest BCUT2D eigenvalue weighted by Crippen LogP contribution is 2.20. The fourth-order valence-corrected chi connectivity index (χ4v) is 3.85. The Morgan fingerprint density at radius 1 is 1.14 bits per heavy atom. The SMILES string of the molecule is CC1CC(C)CN(CCNC(=O)[C@@H](NC(=O)OCc2ccccc2)C(C)C)C1. The predicted octanol–water partition coefficient (Wildman–Crippen LogP) is 3.03. The van der Waals surface area contributed by atoms with E-state index in [9.17, 15) is 9.59 Å². The minimum atomic E-state index is -0.609. The van der Waals surface area contributed by atoms with Crippen LogP contribution in [0.15, 0.2) is 30.3 Å². The van der Waals surface area contributed by atoms with Crippen LogP contribution in [0.5, 0.6) is 0 Å². The van der Waals surface area contributed by atoms with Gasteiger partial charge in [-0.15, -0.1) is 0 Å². The van der Waals surface area contributed by atoms with Crippen LogP contribution in [0, 0.1) is 17.8 Å². The van der Waals surface area contributed by atoms with Gasteiger partial charge in [0.2, 0.25) is 5.91 Å². The minimum Gasteiger partial charge on any atom is -0.445 e. The van der Waals surface area contributed by atoms with Crippen molar-refractivity contribution in [2.75, 3.05) is 26.2 Å². The number of nitrogens with one attached hydrogen (secondary N) is 2. The molecule has 1 aliphatic rings. The van der Waals surface area contributed by atoms with E-state index in [0.717, 1.165) is 25.2 Å². The summed E-state index contributed by atoms with van der Waals surface area (Å²) in [5.74, 6) is 1.21. The molecule has 0 aromatic heterocycles. The summed E-state index contributed by atoms with van der Waals surface area (Å²) < 4.78 is 5.24. The highest BCUT2D eigenvalue weighted by molar-refractivity contribution is 5.85. The summed E-state index contributed by atoms with van der Waals surface area (Å²) in [6.45, 7) is 12.2. The first-order chi connectivity index (χ1) is 13.3. The Morgan fingerprint density at radius 2 is 1.79 bits per heavy atom. The van der Waals surface area contributed by atoms with Crippen molar-refractivity contribution >= 4 is 12.0 Å². The monoisotopic (exact) mass is 389 g/mol. The molecular formula is C22H35N3O3. The molecule has 2 N–H and O–H groups in total. The lowest BCUT2D eigenvalue weighted by Crippen LogP contribution is -2.51. The van der Waals surface area contributed by atoms with Crippen LogP contribution in [0.2, 0.25) is 0 Å². The first-order valence-electron chi connectivity index (χ1n) is 10.3. The van der Waals surface area contributed by atoms with Crippen LogP contribution in [0.4, 0.5) is 4.79 Å². The number of alkyl carbamates (subject to hydrolysis) is 1. The quantitative estimate of drug-likeness (QED) is 0.717. The first-order valence-corrected chi connectivity index (χ1v) is 10.3. The third kappa shape index (κ3) is 7.50. The lowest BCUT2D eigenvalue weighted by atomic mass is 9.92. The number of nitrogens with zero attached hydrogens (tertiary/aromatic N) is 1. The number of benzene rings is 1. The molecule has 2 unspecified atom stereocenters. The van der Waals surface area contributed by atoms with Crippen LogP contribution < -0.4 is 10.6 Å². The van der Waals surface area contributed by atoms with Gasteiger partial charge in [-0.1, -0.05) is 58.0 Å². The minimum absolute atomic E-state index is 0.0284. The van der Waals surface area contributed by atoms with Crippen LogP contribution in [0.1, 0.15) is 39.7 Å². The fraction of sp³-hybridized carbons (Fsp3) is 0.636. The number of piperidine rings is 1. The van der Waals surface area contributed by atoms with Gasteiger partial charge in [-0.25, -0.2) is 4.79 Å². The Morgan fingerprint density at radius 3 is 2.39 bits per heavy atom. The van der Waals surface area contributed by atoms with E-state index in [1.54, 1.807) is 0 Å². The van der Waals surface area contributed by atoms with Crippen molar-refractivity contribution in [1.82, 2.24) is 15.5 Å². The molecule has 0 aliphatic carbocycles. The average molecular weight is 390 g/mol. The smallest absolute Gasteiger partial charge is 0.408 e. The third-order valence-corrected chi connectivity index (χ3v) is 5.11. The maximum atomic E-state index is 12.6. The molecule has 1 aromatic carbocycles. The van der Waals surface area contributed by atoms with E-state index in [0.29, 0.717) is 18.4 Å². The van der Waals surface area contributed by atoms with Crippen molar-refractivity contribution in [3.63, 3.8) is 0 Å². The molecule has 1 saturated heterocycles. The molecule has 1 fully saturated rings. The molecule has 3 atom stereocenters. The number of rotatable bonds is 8. The fourth-order valence-electron chi connectivity index (χ4n) is 3.85. The molecule has 0 saturated carbocycles. The molecule has 2 rings (SSSR count). The number of carbonyl (C=O) groups is 2. The summed E-state index contributed by atoms with van der Waals surface area (Å²) in [5.41, 5.74) is 0.910. The van der Waals surface area contributed by atoms with E-state index >= 15 is 0 Å². The number of hydrogen-bond donors (Lipinski definition) is 2. The second-order valence-electron chi connectivity index (χ2n) is 8.42. The van der Waals surface area contributed by atoms with E-state index in [-0.39, 0.29) is 18.4 Å². The molecule has 0 radical (unpaired) electrons. The molecule has 1 aromatic rings. The maximum absolute atomic E-state index is 12.6. The van der Waals surface area contributed by atoms with E-state index in [1.807, 2.05) is 44.2 Å². The van der Waals surface area contributed by atoms with Gasteiger partial charge in [0, 0.05) is 26.2 Å². The van der Waals surface area contributed by atoms with Gasteiger partial charge in [0.25, 0.3) is 0 Å². The molecule has 0 spiro atoms. The van der Waals surface area contributed by atoms with E-state index < -0.39 is 12.1 Å². The highest BCUT2D eigenvalue weighted by Gasteiger charge is 2.25. The van der Waals surface area contributed by atoms with Gasteiger partial charge >= 0.3 is 6.09 Å². The lowest BCUT2D eigenvalue weighted by Gasteiger charge is -2.35. The Bertz CT molecular complexity index is 611. The van der Waals surface area contributed by atoms with Crippen LogP contribution in [0.3, 0.4) is 0 Å². The second kappa shape index (κ2) is 11.1. The zero-order valence-corrected chi connectivity index (χ0v) is 17.6. The summed E-state index contributed by atoms with van der Waals surface area (Å²) in [7, 11) is 0. The standard InChI is InChI=1S/C22H35N3O3/c1-16(2)20(24-22(27)28-15-19-8-6-5-7-9-19)21(26)23-10-11-25-13-17(3)12-18(4)14-25/h5-9,16-18,20H,10-15H2,1-4H3,(H,23,26)(H,24,27)/t17?,18?,20-/m0/s1. The molecule has 1 aliphatic heterocycles. The van der Waals surface area contributed by atoms with Crippen molar-refractivity contribution in [3.8, 4) is 0 Å². The van der Waals surface area contributed by atoms with Gasteiger partial charge in [0.05, 0.1) is 0 Å². The summed E-state index contributed by atoms with van der Waals surface area (Å²) in [6, 6.07) is 8.87. The normalized spacial score (nSPS) is 21.2. The van der Waals surface area contributed by atoms with Gasteiger partial charge < -0.3 is 20.3 Å². The molecular weight excluding hydrogens is 354 g/mol. The molecule has 28 heavy (non-hydrogen) atoms. The Labute approximate surface area is 169 Å². The zero-order valence-electron chi connectivity index (χ0n) is 17.6. The van der Waals surface area contributed by atoms with Crippen LogP contribution >= 0.6 is 0 Å². The van der Waals surface area contributed by atoms with Crippen molar-refractivity contribution in [3.05, 3.63) is 35.9 Å². The maximum Gasteiger partial charge on any atom is 0.408 e. The number of amides is 2. The van der Waals surface area contributed by atoms with E-state index in [2.05, 4.69) is 29.4 Å². The summed E-state index contributed by atoms with van der Waals surface area (Å²) in [6.07, 6.45) is 0.698. The largest absolute Gasteiger partial charge is 0.445 e. The van der Waals surface area contributed by atoms with Crippen molar-refractivity contribution in [1.29, 1.82) is 0 Å². The molecule has 6 nitrogen and oxygen atoms in total. The predicted molar refractivity (Wildman–Crippen MR) is 111 cm³/mol. The van der Waals surface area contributed by atoms with Gasteiger partial charge in [0.1, 0.15) is 12.6 Å². The Hall–Kier alpha value is -2.08. The average Bonchev–Trinajstić information content (AvgIpc) is 2.64. The summed E-state index contributed by atoms with van der Waals surface area (Å²) >= 11 is 0. The van der Waals surface area contributed by atoms with Crippen molar-refractivity contribution in [2.24, 2.45) is 17.8 Å². The summed E-state index contributed by atoms with van der Waals surface area (Å²) in [4.78, 5) is 27.1. The Balaban J connectivity index is 1.75. The van der Waals surface area contributed by atoms with Crippen molar-refractivity contribution in [2.45, 2.75) is 46.8 Å². The molecule has 6 heteroatoms. The number of carbonyl (C=O) groups excluding carboxylic acids is 2. The van der Waals surface area contributed by atoms with Gasteiger partial charge in [-0.3, -0.25) is 4.79 Å². The highest BCUT2D eigenvalue weighted by atomic mass is 16.5. The van der Waals surface area contributed by atoms with Gasteiger partial charge in [-0.05, 0) is 29.7 Å². The molecule has 1 heterocycles. The summed E-state index contributed by atoms with van der Waals surface area (Å²) in [5, 5.41) is 5.67. The second-order valence-corrected chi connectivity index (χ2v) is 8.42. The van der Waals surface area contributed by atoms with E-state index in [4.69, 9.17) is 4.74 Å². The molecule has 2 amide bonds. The number of ether oxygens (including phenoxy) is 1. The Kier molecular flexibility index (Phi) is 8.77. The molecule has 156 valence electrons. The number of hydrogen-bond acceptors (Lipinski definition) is 4. The van der Waals surface area contributed by atoms with Crippen molar-refractivity contribution < 1.29 is 14.3 Å². The number of likely N-dealkylation sites (tertiary alicyclic amines) is 1. The topological polar surface area (TPSA) is 70.7 Å². The van der Waals surface area contributed by atoms with E-state index in [1.165, 1.54) is 6.42 Å². The van der Waals surface area contributed by atoms with Gasteiger partial charge in [0.15, 0.2) is 0 Å². The van der Waals surface area contributed by atoms with Crippen LogP contribution in [-0.4, -0.2) is 49.1 Å². The third-order valence-electron chi connectivity index (χ3n) is 5.11. The first kappa shape index (κ1) is 22.2. The van der Waals surface area contributed by atoms with Gasteiger partial charge in [-0.2, -0.15) is 0 Å². The zero-order chi connectivity index (χ0) is 20.5. The van der Waals surface area contributed by atoms with Crippen LogP contribution in [-0.2, 0) is 16.1 Å². The molecule has 0 bridgehead atoms.